The van der Waals surface area contributed by atoms with Crippen LogP contribution < -0.4 is 14.8 Å². The molecule has 0 aliphatic carbocycles. The lowest BCUT2D eigenvalue weighted by molar-refractivity contribution is 0.357. The maximum atomic E-state index is 5.54. The van der Waals surface area contributed by atoms with E-state index in [9.17, 15) is 0 Å². The molecule has 1 aliphatic rings. The lowest BCUT2D eigenvalue weighted by Crippen LogP contribution is -2.18. The molecule has 0 saturated carbocycles. The van der Waals surface area contributed by atoms with Crippen LogP contribution in [0.1, 0.15) is 29.7 Å². The number of methoxy groups -OCH3 is 1. The molecule has 3 heteroatoms. The molecule has 21 heavy (non-hydrogen) atoms. The van der Waals surface area contributed by atoms with Crippen LogP contribution in [-0.4, -0.2) is 13.7 Å². The monoisotopic (exact) mass is 283 g/mol. The molecule has 3 nitrogen and oxygen atoms in total. The van der Waals surface area contributed by atoms with Gasteiger partial charge in [-0.1, -0.05) is 30.3 Å². The summed E-state index contributed by atoms with van der Waals surface area (Å²) in [5, 5.41) is 3.56. The van der Waals surface area contributed by atoms with Crippen molar-refractivity contribution in [1.29, 1.82) is 0 Å². The van der Waals surface area contributed by atoms with E-state index >= 15 is 0 Å². The molecule has 3 rings (SSSR count). The Kier molecular flexibility index (Phi) is 4.11. The van der Waals surface area contributed by atoms with E-state index in [1.165, 1.54) is 16.7 Å². The third-order valence-electron chi connectivity index (χ3n) is 3.97. The summed E-state index contributed by atoms with van der Waals surface area (Å²) in [7, 11) is 1.71. The molecule has 0 amide bonds. The second-order valence-electron chi connectivity index (χ2n) is 5.39. The first-order chi connectivity index (χ1) is 10.3. The van der Waals surface area contributed by atoms with Gasteiger partial charge in [-0.2, -0.15) is 0 Å². The van der Waals surface area contributed by atoms with E-state index in [2.05, 4.69) is 36.5 Å². The number of benzene rings is 2. The highest BCUT2D eigenvalue weighted by Gasteiger charge is 2.13. The van der Waals surface area contributed by atoms with Gasteiger partial charge in [-0.15, -0.1) is 0 Å². The average Bonchev–Trinajstić information content (AvgIpc) is 3.00. The van der Waals surface area contributed by atoms with Crippen molar-refractivity contribution in [2.75, 3.05) is 13.7 Å². The van der Waals surface area contributed by atoms with E-state index in [0.29, 0.717) is 0 Å². The molecule has 2 aromatic carbocycles. The van der Waals surface area contributed by atoms with Gasteiger partial charge >= 0.3 is 0 Å². The smallest absolute Gasteiger partial charge is 0.123 e. The highest BCUT2D eigenvalue weighted by molar-refractivity contribution is 5.40. The molecule has 1 atom stereocenters. The summed E-state index contributed by atoms with van der Waals surface area (Å²) < 4.78 is 11.0. The number of ether oxygens (including phenoxy) is 2. The van der Waals surface area contributed by atoms with Gasteiger partial charge in [0.15, 0.2) is 0 Å². The van der Waals surface area contributed by atoms with E-state index in [4.69, 9.17) is 9.47 Å². The molecular weight excluding hydrogens is 262 g/mol. The van der Waals surface area contributed by atoms with E-state index < -0.39 is 0 Å². The zero-order valence-electron chi connectivity index (χ0n) is 12.6. The molecule has 1 heterocycles. The van der Waals surface area contributed by atoms with Crippen LogP contribution in [0.25, 0.3) is 0 Å². The largest absolute Gasteiger partial charge is 0.496 e. The molecule has 0 fully saturated rings. The van der Waals surface area contributed by atoms with Crippen LogP contribution in [0, 0.1) is 0 Å². The van der Waals surface area contributed by atoms with Gasteiger partial charge in [-0.3, -0.25) is 0 Å². The van der Waals surface area contributed by atoms with Gasteiger partial charge in [0.1, 0.15) is 11.5 Å². The van der Waals surface area contributed by atoms with E-state index in [1.807, 2.05) is 18.2 Å². The summed E-state index contributed by atoms with van der Waals surface area (Å²) in [5.74, 6) is 1.97. The molecule has 1 aliphatic heterocycles. The third kappa shape index (κ3) is 3.03. The molecule has 110 valence electrons. The minimum atomic E-state index is 0.241. The Bertz CT molecular complexity index is 624. The number of rotatable bonds is 5. The lowest BCUT2D eigenvalue weighted by atomic mass is 10.1. The van der Waals surface area contributed by atoms with E-state index in [-0.39, 0.29) is 6.04 Å². The van der Waals surface area contributed by atoms with Crippen molar-refractivity contribution < 1.29 is 9.47 Å². The van der Waals surface area contributed by atoms with E-state index in [1.54, 1.807) is 7.11 Å². The van der Waals surface area contributed by atoms with Gasteiger partial charge in [-0.05, 0) is 30.2 Å². The zero-order chi connectivity index (χ0) is 14.7. The topological polar surface area (TPSA) is 30.5 Å². The second-order valence-corrected chi connectivity index (χ2v) is 5.39. The Morgan fingerprint density at radius 2 is 2.10 bits per heavy atom. The number of hydrogen-bond acceptors (Lipinski definition) is 3. The van der Waals surface area contributed by atoms with Gasteiger partial charge < -0.3 is 14.8 Å². The Labute approximate surface area is 125 Å². The molecular formula is C18H21NO2. The van der Waals surface area contributed by atoms with Crippen LogP contribution in [-0.2, 0) is 13.0 Å². The first-order valence-electron chi connectivity index (χ1n) is 7.39. The summed E-state index contributed by atoms with van der Waals surface area (Å²) in [6.45, 7) is 3.81. The number of nitrogens with one attached hydrogen (secondary N) is 1. The highest BCUT2D eigenvalue weighted by atomic mass is 16.5. The average molecular weight is 283 g/mol. The summed E-state index contributed by atoms with van der Waals surface area (Å²) in [6, 6.07) is 14.8. The van der Waals surface area contributed by atoms with Crippen LogP contribution in [0.5, 0.6) is 11.5 Å². The predicted octanol–water partition coefficient (Wildman–Crippen LogP) is 3.48. The molecule has 2 aromatic rings. The van der Waals surface area contributed by atoms with Crippen LogP contribution in [0.15, 0.2) is 42.5 Å². The summed E-state index contributed by atoms with van der Waals surface area (Å²) in [6.07, 6.45) is 1.02. The van der Waals surface area contributed by atoms with Gasteiger partial charge in [0.05, 0.1) is 13.7 Å². The molecule has 0 bridgehead atoms. The molecule has 0 spiro atoms. The van der Waals surface area contributed by atoms with Crippen molar-refractivity contribution in [3.63, 3.8) is 0 Å². The minimum absolute atomic E-state index is 0.241. The quantitative estimate of drug-likeness (QED) is 0.911. The standard InChI is InChI=1S/C18H21NO2/c1-13(16-5-3-4-6-18(16)20-2)19-12-14-7-8-17-15(11-14)9-10-21-17/h3-8,11,13,19H,9-10,12H2,1-2H3/t13-/m1/s1. The van der Waals surface area contributed by atoms with Crippen LogP contribution in [0.4, 0.5) is 0 Å². The molecule has 0 radical (unpaired) electrons. The van der Waals surface area contributed by atoms with Gasteiger partial charge in [0.2, 0.25) is 0 Å². The first kappa shape index (κ1) is 14.0. The fraction of sp³-hybridized carbons (Fsp3) is 0.333. The number of hydrogen-bond donors (Lipinski definition) is 1. The fourth-order valence-corrected chi connectivity index (χ4v) is 2.75. The fourth-order valence-electron chi connectivity index (χ4n) is 2.75. The zero-order valence-corrected chi connectivity index (χ0v) is 12.6. The third-order valence-corrected chi connectivity index (χ3v) is 3.97. The number of fused-ring (bicyclic) bond motifs is 1. The van der Waals surface area contributed by atoms with Crippen molar-refractivity contribution in [2.24, 2.45) is 0 Å². The summed E-state index contributed by atoms with van der Waals surface area (Å²) in [4.78, 5) is 0. The second kappa shape index (κ2) is 6.19. The highest BCUT2D eigenvalue weighted by Crippen LogP contribution is 2.27. The predicted molar refractivity (Wildman–Crippen MR) is 83.9 cm³/mol. The van der Waals surface area contributed by atoms with Gasteiger partial charge in [0.25, 0.3) is 0 Å². The minimum Gasteiger partial charge on any atom is -0.496 e. The lowest BCUT2D eigenvalue weighted by Gasteiger charge is -2.17. The maximum Gasteiger partial charge on any atom is 0.123 e. The number of para-hydroxylation sites is 1. The molecule has 1 N–H and O–H groups in total. The van der Waals surface area contributed by atoms with Gasteiger partial charge in [0, 0.05) is 24.6 Å². The van der Waals surface area contributed by atoms with Crippen molar-refractivity contribution in [2.45, 2.75) is 25.9 Å². The normalized spacial score (nSPS) is 14.4. The SMILES string of the molecule is COc1ccccc1[C@@H](C)NCc1ccc2c(c1)CCO2. The Morgan fingerprint density at radius 3 is 2.95 bits per heavy atom. The van der Waals surface area contributed by atoms with Gasteiger partial charge in [-0.25, -0.2) is 0 Å². The van der Waals surface area contributed by atoms with Crippen molar-refractivity contribution in [1.82, 2.24) is 5.32 Å². The summed E-state index contributed by atoms with van der Waals surface area (Å²) >= 11 is 0. The Balaban J connectivity index is 1.67. The van der Waals surface area contributed by atoms with Crippen molar-refractivity contribution in [3.8, 4) is 11.5 Å². The van der Waals surface area contributed by atoms with Crippen LogP contribution in [0.3, 0.4) is 0 Å². The molecule has 0 aromatic heterocycles. The van der Waals surface area contributed by atoms with Crippen LogP contribution in [0.2, 0.25) is 0 Å². The van der Waals surface area contributed by atoms with E-state index in [0.717, 1.165) is 31.1 Å². The first-order valence-corrected chi connectivity index (χ1v) is 7.39. The van der Waals surface area contributed by atoms with Crippen molar-refractivity contribution >= 4 is 0 Å². The maximum absolute atomic E-state index is 5.54. The Hall–Kier alpha value is -2.00. The van der Waals surface area contributed by atoms with Crippen LogP contribution >= 0.6 is 0 Å². The molecule has 0 saturated heterocycles. The summed E-state index contributed by atoms with van der Waals surface area (Å²) in [5.41, 5.74) is 3.80. The van der Waals surface area contributed by atoms with Crippen molar-refractivity contribution in [3.05, 3.63) is 59.2 Å². The molecule has 0 unspecified atom stereocenters. The Morgan fingerprint density at radius 1 is 1.24 bits per heavy atom.